The lowest BCUT2D eigenvalue weighted by Crippen LogP contribution is -2.33. The number of carbonyl (C=O) groups is 1. The van der Waals surface area contributed by atoms with Gasteiger partial charge in [0.05, 0.1) is 12.7 Å². The molecule has 5 nitrogen and oxygen atoms in total. The highest BCUT2D eigenvalue weighted by Gasteiger charge is 2.19. The van der Waals surface area contributed by atoms with Crippen molar-refractivity contribution in [1.82, 2.24) is 10.6 Å². The van der Waals surface area contributed by atoms with Gasteiger partial charge in [0.2, 0.25) is 0 Å². The Bertz CT molecular complexity index is 497. The van der Waals surface area contributed by atoms with E-state index in [9.17, 15) is 4.79 Å². The van der Waals surface area contributed by atoms with Crippen LogP contribution in [0.25, 0.3) is 6.08 Å². The van der Waals surface area contributed by atoms with E-state index >= 15 is 0 Å². The second kappa shape index (κ2) is 6.24. The van der Waals surface area contributed by atoms with Gasteiger partial charge in [-0.05, 0) is 19.2 Å². The predicted octanol–water partition coefficient (Wildman–Crippen LogP) is 0.807. The zero-order valence-electron chi connectivity index (χ0n) is 11.2. The van der Waals surface area contributed by atoms with Crippen molar-refractivity contribution in [2.24, 2.45) is 0 Å². The lowest BCUT2D eigenvalue weighted by molar-refractivity contribution is -0.117. The van der Waals surface area contributed by atoms with Crippen LogP contribution < -0.4 is 20.1 Å². The van der Waals surface area contributed by atoms with Crippen molar-refractivity contribution in [3.05, 3.63) is 29.3 Å². The molecule has 1 aliphatic heterocycles. The quantitative estimate of drug-likeness (QED) is 0.771. The number of carbonyl (C=O) groups excluding carboxylic acids is 1. The Morgan fingerprint density at radius 3 is 3.00 bits per heavy atom. The van der Waals surface area contributed by atoms with E-state index in [1.54, 1.807) is 7.11 Å². The summed E-state index contributed by atoms with van der Waals surface area (Å²) in [7, 11) is 3.44. The minimum absolute atomic E-state index is 0.0938. The SMILES string of the molecule is CNCCNC(=O)C1=Cc2cccc(OC)c2OC1. The molecule has 0 saturated heterocycles. The number of hydrogen-bond donors (Lipinski definition) is 2. The molecule has 2 rings (SSSR count). The fourth-order valence-corrected chi connectivity index (χ4v) is 1.89. The first-order valence-corrected chi connectivity index (χ1v) is 6.19. The van der Waals surface area contributed by atoms with Gasteiger partial charge < -0.3 is 20.1 Å². The van der Waals surface area contributed by atoms with Gasteiger partial charge >= 0.3 is 0 Å². The number of likely N-dealkylation sites (N-methyl/N-ethyl adjacent to an activating group) is 1. The highest BCUT2D eigenvalue weighted by atomic mass is 16.5. The van der Waals surface area contributed by atoms with Crippen LogP contribution >= 0.6 is 0 Å². The number of nitrogens with one attached hydrogen (secondary N) is 2. The van der Waals surface area contributed by atoms with E-state index in [4.69, 9.17) is 9.47 Å². The van der Waals surface area contributed by atoms with Crippen LogP contribution in [0.5, 0.6) is 11.5 Å². The summed E-state index contributed by atoms with van der Waals surface area (Å²) in [5, 5.41) is 5.81. The molecule has 0 aromatic heterocycles. The molecule has 1 aromatic carbocycles. The van der Waals surface area contributed by atoms with E-state index in [-0.39, 0.29) is 12.5 Å². The lowest BCUT2D eigenvalue weighted by atomic mass is 10.1. The molecule has 0 unspecified atom stereocenters. The Morgan fingerprint density at radius 2 is 2.26 bits per heavy atom. The average Bonchev–Trinajstić information content (AvgIpc) is 2.46. The largest absolute Gasteiger partial charge is 0.493 e. The average molecular weight is 262 g/mol. The summed E-state index contributed by atoms with van der Waals surface area (Å²) in [6, 6.07) is 5.61. The molecule has 0 spiro atoms. The van der Waals surface area contributed by atoms with Crippen molar-refractivity contribution in [3.63, 3.8) is 0 Å². The van der Waals surface area contributed by atoms with Gasteiger partial charge in [-0.3, -0.25) is 4.79 Å². The number of amides is 1. The van der Waals surface area contributed by atoms with Crippen LogP contribution in [0, 0.1) is 0 Å². The minimum atomic E-state index is -0.0938. The topological polar surface area (TPSA) is 59.6 Å². The Morgan fingerprint density at radius 1 is 1.42 bits per heavy atom. The summed E-state index contributed by atoms with van der Waals surface area (Å²) in [6.07, 6.45) is 1.84. The van der Waals surface area contributed by atoms with Crippen molar-refractivity contribution in [3.8, 4) is 11.5 Å². The van der Waals surface area contributed by atoms with E-state index in [1.165, 1.54) is 0 Å². The van der Waals surface area contributed by atoms with Gasteiger partial charge in [-0.25, -0.2) is 0 Å². The van der Waals surface area contributed by atoms with Crippen LogP contribution in [0.3, 0.4) is 0 Å². The molecule has 1 heterocycles. The number of ether oxygens (including phenoxy) is 2. The van der Waals surface area contributed by atoms with Crippen LogP contribution in [-0.4, -0.2) is 39.8 Å². The third-order valence-corrected chi connectivity index (χ3v) is 2.88. The highest BCUT2D eigenvalue weighted by molar-refractivity contribution is 5.99. The van der Waals surface area contributed by atoms with Crippen molar-refractivity contribution in [2.75, 3.05) is 33.9 Å². The third kappa shape index (κ3) is 3.06. The molecule has 0 radical (unpaired) electrons. The van der Waals surface area contributed by atoms with E-state index < -0.39 is 0 Å². The Balaban J connectivity index is 2.13. The first-order chi connectivity index (χ1) is 9.26. The molecule has 0 bridgehead atoms. The number of methoxy groups -OCH3 is 1. The zero-order chi connectivity index (χ0) is 13.7. The number of rotatable bonds is 5. The molecule has 2 N–H and O–H groups in total. The molecule has 0 atom stereocenters. The molecule has 1 aliphatic rings. The maximum atomic E-state index is 11.9. The number of fused-ring (bicyclic) bond motifs is 1. The van der Waals surface area contributed by atoms with Crippen molar-refractivity contribution in [1.29, 1.82) is 0 Å². The van der Waals surface area contributed by atoms with E-state index in [0.717, 1.165) is 12.1 Å². The molecule has 0 fully saturated rings. The smallest absolute Gasteiger partial charge is 0.250 e. The fraction of sp³-hybridized carbons (Fsp3) is 0.357. The van der Waals surface area contributed by atoms with Gasteiger partial charge in [0.15, 0.2) is 11.5 Å². The maximum absolute atomic E-state index is 11.9. The molecule has 1 amide bonds. The summed E-state index contributed by atoms with van der Waals surface area (Å²) >= 11 is 0. The molecule has 5 heteroatoms. The van der Waals surface area contributed by atoms with Crippen molar-refractivity contribution >= 4 is 12.0 Å². The van der Waals surface area contributed by atoms with Crippen molar-refractivity contribution < 1.29 is 14.3 Å². The van der Waals surface area contributed by atoms with Crippen LogP contribution in [-0.2, 0) is 4.79 Å². The van der Waals surface area contributed by atoms with Gasteiger partial charge in [-0.2, -0.15) is 0 Å². The van der Waals surface area contributed by atoms with E-state index in [0.29, 0.717) is 23.6 Å². The minimum Gasteiger partial charge on any atom is -0.493 e. The lowest BCUT2D eigenvalue weighted by Gasteiger charge is -2.19. The Kier molecular flexibility index (Phi) is 4.41. The molecule has 0 saturated carbocycles. The van der Waals surface area contributed by atoms with Gasteiger partial charge in [0.25, 0.3) is 5.91 Å². The summed E-state index contributed by atoms with van der Waals surface area (Å²) < 4.78 is 10.8. The second-order valence-electron chi connectivity index (χ2n) is 4.20. The highest BCUT2D eigenvalue weighted by Crippen LogP contribution is 2.35. The van der Waals surface area contributed by atoms with Gasteiger partial charge in [-0.15, -0.1) is 0 Å². The Hall–Kier alpha value is -2.01. The standard InChI is InChI=1S/C14H18N2O3/c1-15-6-7-16-14(17)11-8-10-4-3-5-12(18-2)13(10)19-9-11/h3-5,8,15H,6-7,9H2,1-2H3,(H,16,17). The third-order valence-electron chi connectivity index (χ3n) is 2.88. The van der Waals surface area contributed by atoms with E-state index in [1.807, 2.05) is 31.3 Å². The number of hydrogen-bond acceptors (Lipinski definition) is 4. The van der Waals surface area contributed by atoms with Crippen LogP contribution in [0.2, 0.25) is 0 Å². The first-order valence-electron chi connectivity index (χ1n) is 6.19. The molecule has 1 aromatic rings. The normalized spacial score (nSPS) is 13.1. The molecular formula is C14H18N2O3. The molecule has 102 valence electrons. The van der Waals surface area contributed by atoms with Crippen LogP contribution in [0.15, 0.2) is 23.8 Å². The summed E-state index contributed by atoms with van der Waals surface area (Å²) in [4.78, 5) is 11.9. The maximum Gasteiger partial charge on any atom is 0.250 e. The van der Waals surface area contributed by atoms with Gasteiger partial charge in [0.1, 0.15) is 6.61 Å². The molecular weight excluding hydrogens is 244 g/mol. The predicted molar refractivity (Wildman–Crippen MR) is 73.4 cm³/mol. The monoisotopic (exact) mass is 262 g/mol. The zero-order valence-corrected chi connectivity index (χ0v) is 11.2. The fourth-order valence-electron chi connectivity index (χ4n) is 1.89. The van der Waals surface area contributed by atoms with Gasteiger partial charge in [-0.1, -0.05) is 12.1 Å². The van der Waals surface area contributed by atoms with E-state index in [2.05, 4.69) is 10.6 Å². The summed E-state index contributed by atoms with van der Waals surface area (Å²) in [6.45, 7) is 1.60. The van der Waals surface area contributed by atoms with Crippen LogP contribution in [0.4, 0.5) is 0 Å². The Labute approximate surface area is 112 Å². The first kappa shape index (κ1) is 13.4. The van der Waals surface area contributed by atoms with Gasteiger partial charge in [0, 0.05) is 18.7 Å². The number of para-hydroxylation sites is 1. The molecule has 0 aliphatic carbocycles. The summed E-state index contributed by atoms with van der Waals surface area (Å²) in [5.74, 6) is 1.28. The number of benzene rings is 1. The van der Waals surface area contributed by atoms with Crippen molar-refractivity contribution in [2.45, 2.75) is 0 Å². The second-order valence-corrected chi connectivity index (χ2v) is 4.20. The molecule has 19 heavy (non-hydrogen) atoms. The summed E-state index contributed by atoms with van der Waals surface area (Å²) in [5.41, 5.74) is 1.49. The van der Waals surface area contributed by atoms with Crippen LogP contribution in [0.1, 0.15) is 5.56 Å².